The number of anilines is 1. The van der Waals surface area contributed by atoms with Crippen molar-refractivity contribution in [3.05, 3.63) is 54.1 Å². The van der Waals surface area contributed by atoms with Crippen LogP contribution in [0, 0.1) is 0 Å². The molecule has 2 aromatic carbocycles. The number of para-hydroxylation sites is 1. The van der Waals surface area contributed by atoms with Gasteiger partial charge in [0.05, 0.1) is 12.8 Å². The van der Waals surface area contributed by atoms with Crippen LogP contribution in [0.1, 0.15) is 5.56 Å². The van der Waals surface area contributed by atoms with Crippen LogP contribution in [0.2, 0.25) is 0 Å². The van der Waals surface area contributed by atoms with E-state index < -0.39 is 0 Å². The van der Waals surface area contributed by atoms with E-state index in [1.54, 1.807) is 19.3 Å². The molecule has 2 N–H and O–H groups in total. The van der Waals surface area contributed by atoms with Crippen LogP contribution in [0.15, 0.2) is 48.5 Å². The number of amides is 1. The van der Waals surface area contributed by atoms with Gasteiger partial charge in [-0.2, -0.15) is 15.4 Å². The predicted octanol–water partition coefficient (Wildman–Crippen LogP) is 2.62. The maximum atomic E-state index is 12.0. The van der Waals surface area contributed by atoms with Gasteiger partial charge in [0.15, 0.2) is 0 Å². The Bertz CT molecular complexity index is 839. The van der Waals surface area contributed by atoms with Gasteiger partial charge in [-0.15, -0.1) is 0 Å². The summed E-state index contributed by atoms with van der Waals surface area (Å²) in [5.74, 6) is 0.508. The van der Waals surface area contributed by atoms with Crippen LogP contribution in [-0.4, -0.2) is 28.4 Å². The van der Waals surface area contributed by atoms with Crippen molar-refractivity contribution in [3.8, 4) is 5.75 Å². The molecular formula is C16H14N4O2. The summed E-state index contributed by atoms with van der Waals surface area (Å²) >= 11 is 0. The predicted molar refractivity (Wildman–Crippen MR) is 84.5 cm³/mol. The summed E-state index contributed by atoms with van der Waals surface area (Å²) in [5, 5.41) is 13.3. The van der Waals surface area contributed by atoms with Gasteiger partial charge in [0.25, 0.3) is 0 Å². The zero-order valence-electron chi connectivity index (χ0n) is 11.9. The van der Waals surface area contributed by atoms with Crippen LogP contribution in [0.3, 0.4) is 0 Å². The van der Waals surface area contributed by atoms with Gasteiger partial charge in [-0.05, 0) is 35.9 Å². The summed E-state index contributed by atoms with van der Waals surface area (Å²) < 4.78 is 5.14. The second-order valence-electron chi connectivity index (χ2n) is 4.60. The number of nitrogens with zero attached hydrogens (tertiary/aromatic N) is 2. The lowest BCUT2D eigenvalue weighted by atomic mass is 10.2. The van der Waals surface area contributed by atoms with E-state index in [2.05, 4.69) is 20.7 Å². The van der Waals surface area contributed by atoms with E-state index in [9.17, 15) is 4.79 Å². The van der Waals surface area contributed by atoms with E-state index in [-0.39, 0.29) is 5.91 Å². The molecular weight excluding hydrogens is 280 g/mol. The summed E-state index contributed by atoms with van der Waals surface area (Å²) in [4.78, 5) is 12.0. The summed E-state index contributed by atoms with van der Waals surface area (Å²) in [6, 6.07) is 12.9. The number of benzene rings is 2. The van der Waals surface area contributed by atoms with Gasteiger partial charge < -0.3 is 10.1 Å². The third-order valence-corrected chi connectivity index (χ3v) is 3.13. The summed E-state index contributed by atoms with van der Waals surface area (Å²) in [6.45, 7) is 0. The van der Waals surface area contributed by atoms with Crippen molar-refractivity contribution < 1.29 is 9.53 Å². The number of rotatable bonds is 4. The molecule has 22 heavy (non-hydrogen) atoms. The number of hydrogen-bond acceptors (Lipinski definition) is 4. The van der Waals surface area contributed by atoms with Crippen molar-refractivity contribution in [2.24, 2.45) is 0 Å². The first-order valence-corrected chi connectivity index (χ1v) is 6.69. The number of methoxy groups -OCH3 is 1. The first-order chi connectivity index (χ1) is 10.8. The van der Waals surface area contributed by atoms with Crippen LogP contribution >= 0.6 is 0 Å². The molecule has 110 valence electrons. The quantitative estimate of drug-likeness (QED) is 0.725. The number of ether oxygens (including phenoxy) is 1. The number of H-pyrrole nitrogens is 1. The van der Waals surface area contributed by atoms with Crippen LogP contribution in [0.5, 0.6) is 5.75 Å². The molecule has 0 atom stereocenters. The third kappa shape index (κ3) is 2.95. The van der Waals surface area contributed by atoms with Crippen LogP contribution in [-0.2, 0) is 4.79 Å². The lowest BCUT2D eigenvalue weighted by Crippen LogP contribution is -2.08. The Morgan fingerprint density at radius 1 is 1.23 bits per heavy atom. The summed E-state index contributed by atoms with van der Waals surface area (Å²) in [6.07, 6.45) is 3.19. The number of fused-ring (bicyclic) bond motifs is 1. The monoisotopic (exact) mass is 294 g/mol. The Hall–Kier alpha value is -3.15. The van der Waals surface area contributed by atoms with Crippen LogP contribution in [0.25, 0.3) is 17.1 Å². The number of carbonyl (C=O) groups is 1. The van der Waals surface area contributed by atoms with E-state index in [4.69, 9.17) is 4.74 Å². The van der Waals surface area contributed by atoms with E-state index in [0.717, 1.165) is 11.3 Å². The molecule has 3 rings (SSSR count). The molecule has 1 heterocycles. The highest BCUT2D eigenvalue weighted by atomic mass is 16.5. The second-order valence-corrected chi connectivity index (χ2v) is 4.60. The minimum absolute atomic E-state index is 0.238. The lowest BCUT2D eigenvalue weighted by molar-refractivity contribution is -0.111. The van der Waals surface area contributed by atoms with E-state index in [1.165, 1.54) is 6.08 Å². The largest absolute Gasteiger partial charge is 0.497 e. The van der Waals surface area contributed by atoms with Gasteiger partial charge in [0.1, 0.15) is 16.8 Å². The highest BCUT2D eigenvalue weighted by Gasteiger charge is 2.06. The molecule has 6 heteroatoms. The Morgan fingerprint density at radius 3 is 2.95 bits per heavy atom. The van der Waals surface area contributed by atoms with E-state index in [1.807, 2.05) is 36.4 Å². The van der Waals surface area contributed by atoms with Crippen molar-refractivity contribution in [1.82, 2.24) is 15.4 Å². The second kappa shape index (κ2) is 6.09. The molecule has 3 aromatic rings. The number of aromatic nitrogens is 3. The molecule has 0 saturated heterocycles. The standard InChI is InChI=1S/C16H14N4O2/c1-22-12-5-2-4-11(10-12)8-9-15(21)17-13-6-3-7-14-16(13)19-20-18-14/h2-10H,1H3,(H,17,21)(H,18,19,20). The molecule has 0 aliphatic carbocycles. The van der Waals surface area contributed by atoms with E-state index in [0.29, 0.717) is 16.7 Å². The normalized spacial score (nSPS) is 11.0. The minimum atomic E-state index is -0.238. The van der Waals surface area contributed by atoms with Crippen molar-refractivity contribution >= 4 is 28.7 Å². The van der Waals surface area contributed by atoms with Gasteiger partial charge >= 0.3 is 0 Å². The average Bonchev–Trinajstić information content (AvgIpc) is 3.03. The highest BCUT2D eigenvalue weighted by Crippen LogP contribution is 2.19. The maximum Gasteiger partial charge on any atom is 0.248 e. The Kier molecular flexibility index (Phi) is 3.82. The van der Waals surface area contributed by atoms with Crippen molar-refractivity contribution in [3.63, 3.8) is 0 Å². The van der Waals surface area contributed by atoms with Gasteiger partial charge in [-0.25, -0.2) is 0 Å². The fourth-order valence-corrected chi connectivity index (χ4v) is 2.06. The lowest BCUT2D eigenvalue weighted by Gasteiger charge is -2.02. The maximum absolute atomic E-state index is 12.0. The molecule has 0 spiro atoms. The SMILES string of the molecule is COc1cccc(C=CC(=O)Nc2cccc3n[nH]nc23)c1. The van der Waals surface area contributed by atoms with Crippen molar-refractivity contribution in [1.29, 1.82) is 0 Å². The van der Waals surface area contributed by atoms with Crippen molar-refractivity contribution in [2.45, 2.75) is 0 Å². The highest BCUT2D eigenvalue weighted by molar-refractivity contribution is 6.06. The van der Waals surface area contributed by atoms with Crippen LogP contribution in [0.4, 0.5) is 5.69 Å². The molecule has 1 amide bonds. The zero-order chi connectivity index (χ0) is 15.4. The Labute approximate surface area is 126 Å². The van der Waals surface area contributed by atoms with Crippen LogP contribution < -0.4 is 10.1 Å². The van der Waals surface area contributed by atoms with Gasteiger partial charge in [-0.3, -0.25) is 4.79 Å². The van der Waals surface area contributed by atoms with E-state index >= 15 is 0 Å². The topological polar surface area (TPSA) is 79.9 Å². The number of carbonyl (C=O) groups excluding carboxylic acids is 1. The van der Waals surface area contributed by atoms with Gasteiger partial charge in [0.2, 0.25) is 5.91 Å². The molecule has 0 radical (unpaired) electrons. The third-order valence-electron chi connectivity index (χ3n) is 3.13. The molecule has 0 aliphatic rings. The van der Waals surface area contributed by atoms with Gasteiger partial charge in [0, 0.05) is 6.08 Å². The van der Waals surface area contributed by atoms with Gasteiger partial charge in [-0.1, -0.05) is 18.2 Å². The average molecular weight is 294 g/mol. The molecule has 0 unspecified atom stereocenters. The molecule has 6 nitrogen and oxygen atoms in total. The number of aromatic amines is 1. The zero-order valence-corrected chi connectivity index (χ0v) is 11.9. The Balaban J connectivity index is 1.74. The smallest absolute Gasteiger partial charge is 0.248 e. The van der Waals surface area contributed by atoms with Crippen molar-refractivity contribution in [2.75, 3.05) is 12.4 Å². The molecule has 0 aliphatic heterocycles. The number of nitrogens with one attached hydrogen (secondary N) is 2. The first-order valence-electron chi connectivity index (χ1n) is 6.69. The first kappa shape index (κ1) is 13.8. The molecule has 0 bridgehead atoms. The number of hydrogen-bond donors (Lipinski definition) is 2. The summed E-state index contributed by atoms with van der Waals surface area (Å²) in [7, 11) is 1.61. The molecule has 1 aromatic heterocycles. The molecule has 0 fully saturated rings. The molecule has 0 saturated carbocycles. The summed E-state index contributed by atoms with van der Waals surface area (Å²) in [5.41, 5.74) is 2.83. The fraction of sp³-hybridized carbons (Fsp3) is 0.0625. The minimum Gasteiger partial charge on any atom is -0.497 e. The fourth-order valence-electron chi connectivity index (χ4n) is 2.06. The Morgan fingerprint density at radius 2 is 2.09 bits per heavy atom.